The second-order valence-corrected chi connectivity index (χ2v) is 9.67. The molecule has 1 aromatic heterocycles. The highest BCUT2D eigenvalue weighted by Gasteiger charge is 2.27. The fourth-order valence-corrected chi connectivity index (χ4v) is 5.16. The minimum atomic E-state index is 0.0800. The Kier molecular flexibility index (Phi) is 6.79. The zero-order chi connectivity index (χ0) is 23.5. The molecule has 0 unspecified atom stereocenters. The van der Waals surface area contributed by atoms with Gasteiger partial charge in [-0.05, 0) is 57.5 Å². The summed E-state index contributed by atoms with van der Waals surface area (Å²) < 4.78 is 1.84. The van der Waals surface area contributed by atoms with Crippen LogP contribution in [0.5, 0.6) is 0 Å². The number of hydrogen-bond donors (Lipinski definition) is 0. The maximum Gasteiger partial charge on any atom is 0.257 e. The summed E-state index contributed by atoms with van der Waals surface area (Å²) >= 11 is 0. The number of nitrogens with zero attached hydrogens (tertiary/aromatic N) is 5. The van der Waals surface area contributed by atoms with Gasteiger partial charge in [-0.1, -0.05) is 42.0 Å². The predicted octanol–water partition coefficient (Wildman–Crippen LogP) is 4.01. The number of aryl methyl sites for hydroxylation is 2. The average Bonchev–Trinajstić information content (AvgIpc) is 3.54. The smallest absolute Gasteiger partial charge is 0.257 e. The third-order valence-corrected chi connectivity index (χ3v) is 7.19. The number of piperazine rings is 1. The standard InChI is InChI=1S/C28H35N5O/c1-22-10-11-25(23(2)20-22)27-26(21-33(29-27)24-8-4-3-5-9-24)28(34)32-18-16-31(17-19-32)15-14-30-12-6-7-13-30/h3-5,8-11,20-21H,6-7,12-19H2,1-2H3. The Hall–Kier alpha value is -2.96. The van der Waals surface area contributed by atoms with Gasteiger partial charge in [0.25, 0.3) is 5.91 Å². The van der Waals surface area contributed by atoms with E-state index in [4.69, 9.17) is 5.10 Å². The summed E-state index contributed by atoms with van der Waals surface area (Å²) in [6.45, 7) is 12.3. The molecule has 1 amide bonds. The summed E-state index contributed by atoms with van der Waals surface area (Å²) in [6, 6.07) is 16.4. The van der Waals surface area contributed by atoms with Crippen molar-refractivity contribution in [1.29, 1.82) is 0 Å². The van der Waals surface area contributed by atoms with E-state index in [1.54, 1.807) is 0 Å². The zero-order valence-electron chi connectivity index (χ0n) is 20.4. The first-order valence-corrected chi connectivity index (χ1v) is 12.6. The Labute approximate surface area is 202 Å². The van der Waals surface area contributed by atoms with E-state index in [1.807, 2.05) is 46.1 Å². The van der Waals surface area contributed by atoms with E-state index in [1.165, 1.54) is 31.5 Å². The van der Waals surface area contributed by atoms with Crippen LogP contribution in [-0.4, -0.2) is 82.7 Å². The van der Waals surface area contributed by atoms with Gasteiger partial charge in [-0.3, -0.25) is 9.69 Å². The summed E-state index contributed by atoms with van der Waals surface area (Å²) in [6.07, 6.45) is 4.58. The number of para-hydroxylation sites is 1. The largest absolute Gasteiger partial charge is 0.336 e. The van der Waals surface area contributed by atoms with E-state index in [0.717, 1.165) is 61.8 Å². The number of benzene rings is 2. The maximum atomic E-state index is 13.7. The molecule has 2 aliphatic rings. The molecular formula is C28H35N5O. The van der Waals surface area contributed by atoms with Crippen LogP contribution in [0.25, 0.3) is 16.9 Å². The second kappa shape index (κ2) is 10.1. The Morgan fingerprint density at radius 3 is 2.21 bits per heavy atom. The van der Waals surface area contributed by atoms with E-state index in [-0.39, 0.29) is 5.91 Å². The Morgan fingerprint density at radius 1 is 0.853 bits per heavy atom. The van der Waals surface area contributed by atoms with E-state index in [0.29, 0.717) is 5.56 Å². The van der Waals surface area contributed by atoms with Crippen LogP contribution in [0.15, 0.2) is 54.7 Å². The highest BCUT2D eigenvalue weighted by Crippen LogP contribution is 2.28. The summed E-state index contributed by atoms with van der Waals surface area (Å²) in [5.74, 6) is 0.0800. The second-order valence-electron chi connectivity index (χ2n) is 9.67. The van der Waals surface area contributed by atoms with E-state index >= 15 is 0 Å². The third kappa shape index (κ3) is 4.93. The lowest BCUT2D eigenvalue weighted by Crippen LogP contribution is -2.50. The van der Waals surface area contributed by atoms with Gasteiger partial charge in [-0.15, -0.1) is 0 Å². The molecule has 3 aromatic rings. The first-order valence-electron chi connectivity index (χ1n) is 12.6. The quantitative estimate of drug-likeness (QED) is 0.561. The van der Waals surface area contributed by atoms with E-state index in [9.17, 15) is 4.79 Å². The highest BCUT2D eigenvalue weighted by atomic mass is 16.2. The van der Waals surface area contributed by atoms with Crippen LogP contribution in [0.1, 0.15) is 34.3 Å². The van der Waals surface area contributed by atoms with Gasteiger partial charge < -0.3 is 9.80 Å². The van der Waals surface area contributed by atoms with Crippen LogP contribution < -0.4 is 0 Å². The van der Waals surface area contributed by atoms with Gasteiger partial charge in [0.1, 0.15) is 5.69 Å². The molecule has 2 saturated heterocycles. The molecule has 2 fully saturated rings. The zero-order valence-corrected chi connectivity index (χ0v) is 20.4. The summed E-state index contributed by atoms with van der Waals surface area (Å²) in [5.41, 5.74) is 5.78. The van der Waals surface area contributed by atoms with Crippen LogP contribution in [-0.2, 0) is 0 Å². The molecule has 0 radical (unpaired) electrons. The summed E-state index contributed by atoms with van der Waals surface area (Å²) in [5, 5.41) is 4.90. The lowest BCUT2D eigenvalue weighted by atomic mass is 10.00. The minimum absolute atomic E-state index is 0.0800. The first kappa shape index (κ1) is 22.8. The number of carbonyl (C=O) groups excluding carboxylic acids is 1. The van der Waals surface area contributed by atoms with Crippen molar-refractivity contribution >= 4 is 5.91 Å². The molecule has 5 rings (SSSR count). The molecule has 2 aliphatic heterocycles. The molecule has 2 aromatic carbocycles. The van der Waals surface area contributed by atoms with Crippen LogP contribution in [0.3, 0.4) is 0 Å². The van der Waals surface area contributed by atoms with Gasteiger partial charge in [-0.2, -0.15) is 5.10 Å². The molecule has 34 heavy (non-hydrogen) atoms. The van der Waals surface area contributed by atoms with Gasteiger partial charge in [0.15, 0.2) is 0 Å². The lowest BCUT2D eigenvalue weighted by Gasteiger charge is -2.35. The number of rotatable bonds is 6. The average molecular weight is 458 g/mol. The predicted molar refractivity (Wildman–Crippen MR) is 136 cm³/mol. The number of likely N-dealkylation sites (tertiary alicyclic amines) is 1. The molecule has 6 nitrogen and oxygen atoms in total. The van der Waals surface area contributed by atoms with Crippen LogP contribution in [0.4, 0.5) is 0 Å². The summed E-state index contributed by atoms with van der Waals surface area (Å²) in [4.78, 5) is 20.8. The number of hydrogen-bond acceptors (Lipinski definition) is 4. The summed E-state index contributed by atoms with van der Waals surface area (Å²) in [7, 11) is 0. The Morgan fingerprint density at radius 2 is 1.53 bits per heavy atom. The van der Waals surface area contributed by atoms with Gasteiger partial charge in [-0.25, -0.2) is 4.68 Å². The van der Waals surface area contributed by atoms with Crippen LogP contribution in [0.2, 0.25) is 0 Å². The van der Waals surface area contributed by atoms with Crippen molar-refractivity contribution in [2.45, 2.75) is 26.7 Å². The van der Waals surface area contributed by atoms with Crippen LogP contribution in [0, 0.1) is 13.8 Å². The molecule has 0 atom stereocenters. The molecule has 6 heteroatoms. The highest BCUT2D eigenvalue weighted by molar-refractivity contribution is 6.00. The van der Waals surface area contributed by atoms with E-state index in [2.05, 4.69) is 41.8 Å². The van der Waals surface area contributed by atoms with Crippen molar-refractivity contribution in [1.82, 2.24) is 24.5 Å². The molecule has 3 heterocycles. The fraction of sp³-hybridized carbons (Fsp3) is 0.429. The Bertz CT molecular complexity index is 1120. The molecular weight excluding hydrogens is 422 g/mol. The molecule has 0 saturated carbocycles. The van der Waals surface area contributed by atoms with Crippen molar-refractivity contribution in [3.8, 4) is 16.9 Å². The topological polar surface area (TPSA) is 44.6 Å². The maximum absolute atomic E-state index is 13.7. The number of carbonyl (C=O) groups is 1. The van der Waals surface area contributed by atoms with E-state index < -0.39 is 0 Å². The van der Waals surface area contributed by atoms with Crippen molar-refractivity contribution in [2.75, 3.05) is 52.4 Å². The SMILES string of the molecule is Cc1ccc(-c2nn(-c3ccccc3)cc2C(=O)N2CCN(CCN3CCCC3)CC2)c(C)c1. The number of amides is 1. The monoisotopic (exact) mass is 457 g/mol. The molecule has 0 bridgehead atoms. The Balaban J connectivity index is 1.35. The van der Waals surface area contributed by atoms with Crippen LogP contribution >= 0.6 is 0 Å². The molecule has 0 N–H and O–H groups in total. The fourth-order valence-electron chi connectivity index (χ4n) is 5.16. The third-order valence-electron chi connectivity index (χ3n) is 7.19. The van der Waals surface area contributed by atoms with Crippen molar-refractivity contribution in [3.63, 3.8) is 0 Å². The first-order chi connectivity index (χ1) is 16.6. The molecule has 0 spiro atoms. The molecule has 0 aliphatic carbocycles. The van der Waals surface area contributed by atoms with Crippen molar-refractivity contribution in [3.05, 3.63) is 71.4 Å². The van der Waals surface area contributed by atoms with Gasteiger partial charge in [0, 0.05) is 51.0 Å². The van der Waals surface area contributed by atoms with Crippen molar-refractivity contribution in [2.24, 2.45) is 0 Å². The normalized spacial score (nSPS) is 17.4. The van der Waals surface area contributed by atoms with Gasteiger partial charge >= 0.3 is 0 Å². The number of aromatic nitrogens is 2. The lowest BCUT2D eigenvalue weighted by molar-refractivity contribution is 0.0627. The molecule has 178 valence electrons. The van der Waals surface area contributed by atoms with Gasteiger partial charge in [0.2, 0.25) is 0 Å². The minimum Gasteiger partial charge on any atom is -0.336 e. The van der Waals surface area contributed by atoms with Gasteiger partial charge in [0.05, 0.1) is 11.3 Å². The van der Waals surface area contributed by atoms with Crippen molar-refractivity contribution < 1.29 is 4.79 Å².